The largest absolute Gasteiger partial charge is 0.355 e. The second-order valence-electron chi connectivity index (χ2n) is 7.12. The molecule has 5 heteroatoms. The van der Waals surface area contributed by atoms with Crippen LogP contribution in [0.4, 0.5) is 0 Å². The first-order valence-electron chi connectivity index (χ1n) is 9.69. The Kier molecular flexibility index (Phi) is 4.13. The fourth-order valence-corrected chi connectivity index (χ4v) is 3.48. The summed E-state index contributed by atoms with van der Waals surface area (Å²) < 4.78 is 0. The second kappa shape index (κ2) is 6.93. The lowest BCUT2D eigenvalue weighted by Gasteiger charge is -1.93. The van der Waals surface area contributed by atoms with E-state index in [4.69, 9.17) is 9.97 Å². The van der Waals surface area contributed by atoms with Gasteiger partial charge in [-0.25, -0.2) is 15.0 Å². The lowest BCUT2D eigenvalue weighted by atomic mass is 10.2. The van der Waals surface area contributed by atoms with E-state index in [0.717, 1.165) is 69.9 Å². The third kappa shape index (κ3) is 3.39. The van der Waals surface area contributed by atoms with Crippen LogP contribution in [-0.2, 0) is 6.42 Å². The Bertz CT molecular complexity index is 1260. The van der Waals surface area contributed by atoms with E-state index < -0.39 is 0 Å². The molecule has 5 nitrogen and oxygen atoms in total. The Labute approximate surface area is 162 Å². The fourth-order valence-electron chi connectivity index (χ4n) is 3.48. The lowest BCUT2D eigenvalue weighted by Crippen LogP contribution is -1.85. The molecule has 2 aliphatic heterocycles. The summed E-state index contributed by atoms with van der Waals surface area (Å²) in [4.78, 5) is 21.1. The van der Waals surface area contributed by atoms with Crippen LogP contribution < -0.4 is 0 Å². The van der Waals surface area contributed by atoms with Gasteiger partial charge in [-0.1, -0.05) is 13.3 Å². The number of nitrogens with zero attached hydrogens (tertiary/aromatic N) is 3. The summed E-state index contributed by atoms with van der Waals surface area (Å²) in [5, 5.41) is 0. The number of rotatable bonds is 3. The number of aromatic amines is 2. The molecule has 3 aromatic rings. The smallest absolute Gasteiger partial charge is 0.132 e. The molecule has 0 fully saturated rings. The average molecular weight is 367 g/mol. The normalized spacial score (nSPS) is 12.6. The quantitative estimate of drug-likeness (QED) is 0.449. The van der Waals surface area contributed by atoms with Crippen molar-refractivity contribution in [2.45, 2.75) is 26.2 Å². The Morgan fingerprint density at radius 1 is 0.714 bits per heavy atom. The first kappa shape index (κ1) is 16.7. The number of aromatic nitrogens is 5. The maximum Gasteiger partial charge on any atom is 0.132 e. The highest BCUT2D eigenvalue weighted by Crippen LogP contribution is 2.18. The third-order valence-corrected chi connectivity index (χ3v) is 4.88. The predicted octanol–water partition coefficient (Wildman–Crippen LogP) is 5.39. The molecular weight excluding hydrogens is 346 g/mol. The van der Waals surface area contributed by atoms with Gasteiger partial charge in [0.2, 0.25) is 0 Å². The summed E-state index contributed by atoms with van der Waals surface area (Å²) in [6, 6.07) is 12.3. The number of hydrogen-bond acceptors (Lipinski definition) is 3. The van der Waals surface area contributed by atoms with Crippen LogP contribution in [0, 0.1) is 0 Å². The standard InChI is InChI=1S/C23H21N5/c1-2-3-4-21-22-13-19-9-7-17(25-19)11-15-5-6-16(24-15)12-18-8-10-20(26-18)14-23(27-21)28-22/h5-14,24H,2-4H2,1H3,(H,27,28). The molecule has 5 rings (SSSR count). The SMILES string of the molecule is CCCCc1nc2cc3nc(cc4ccc(cc5nc(cc1[nH]2)C=C5)[nH]4)C=C3. The van der Waals surface area contributed by atoms with Crippen LogP contribution in [0.15, 0.2) is 36.4 Å². The van der Waals surface area contributed by atoms with Gasteiger partial charge in [-0.2, -0.15) is 0 Å². The van der Waals surface area contributed by atoms with E-state index in [1.165, 1.54) is 0 Å². The van der Waals surface area contributed by atoms with Gasteiger partial charge in [0.05, 0.1) is 34.0 Å². The number of H-pyrrole nitrogens is 2. The molecule has 5 heterocycles. The van der Waals surface area contributed by atoms with Gasteiger partial charge in [0.15, 0.2) is 0 Å². The molecule has 3 aromatic heterocycles. The van der Waals surface area contributed by atoms with Crippen molar-refractivity contribution in [1.82, 2.24) is 24.9 Å². The molecule has 0 amide bonds. The van der Waals surface area contributed by atoms with Gasteiger partial charge in [-0.05, 0) is 67.5 Å². The zero-order valence-electron chi connectivity index (χ0n) is 15.7. The van der Waals surface area contributed by atoms with Crippen LogP contribution in [-0.4, -0.2) is 24.9 Å². The lowest BCUT2D eigenvalue weighted by molar-refractivity contribution is 0.786. The minimum absolute atomic E-state index is 0.828. The van der Waals surface area contributed by atoms with Crippen molar-refractivity contribution in [1.29, 1.82) is 0 Å². The van der Waals surface area contributed by atoms with E-state index in [1.807, 2.05) is 36.4 Å². The van der Waals surface area contributed by atoms with Crippen LogP contribution in [0.5, 0.6) is 0 Å². The molecule has 2 aliphatic rings. The van der Waals surface area contributed by atoms with E-state index >= 15 is 0 Å². The first-order chi connectivity index (χ1) is 13.7. The summed E-state index contributed by atoms with van der Waals surface area (Å²) in [6.07, 6.45) is 11.3. The van der Waals surface area contributed by atoms with Crippen LogP contribution >= 0.6 is 0 Å². The van der Waals surface area contributed by atoms with E-state index in [-0.39, 0.29) is 0 Å². The highest BCUT2D eigenvalue weighted by molar-refractivity contribution is 5.77. The van der Waals surface area contributed by atoms with E-state index in [9.17, 15) is 0 Å². The van der Waals surface area contributed by atoms with E-state index in [1.54, 1.807) is 0 Å². The number of fused-ring (bicyclic) bond motifs is 8. The van der Waals surface area contributed by atoms with Crippen molar-refractivity contribution in [3.63, 3.8) is 0 Å². The van der Waals surface area contributed by atoms with Gasteiger partial charge in [0.25, 0.3) is 0 Å². The summed E-state index contributed by atoms with van der Waals surface area (Å²) in [7, 11) is 0. The molecule has 28 heavy (non-hydrogen) atoms. The highest BCUT2D eigenvalue weighted by Gasteiger charge is 2.06. The molecule has 2 N–H and O–H groups in total. The molecule has 0 unspecified atom stereocenters. The zero-order chi connectivity index (χ0) is 18.9. The Balaban J connectivity index is 1.79. The molecule has 8 bridgehead atoms. The Hall–Kier alpha value is -3.47. The monoisotopic (exact) mass is 367 g/mol. The van der Waals surface area contributed by atoms with Gasteiger partial charge >= 0.3 is 0 Å². The molecule has 0 saturated carbocycles. The van der Waals surface area contributed by atoms with Gasteiger partial charge < -0.3 is 9.97 Å². The van der Waals surface area contributed by atoms with Crippen molar-refractivity contribution in [2.75, 3.05) is 0 Å². The Morgan fingerprint density at radius 3 is 1.96 bits per heavy atom. The predicted molar refractivity (Wildman–Crippen MR) is 115 cm³/mol. The van der Waals surface area contributed by atoms with Gasteiger partial charge in [-0.15, -0.1) is 0 Å². The first-order valence-corrected chi connectivity index (χ1v) is 9.69. The number of nitrogens with one attached hydrogen (secondary N) is 2. The minimum atomic E-state index is 0.828. The molecule has 0 saturated heterocycles. The summed E-state index contributed by atoms with van der Waals surface area (Å²) in [6.45, 7) is 2.20. The van der Waals surface area contributed by atoms with Crippen LogP contribution in [0.2, 0.25) is 0 Å². The zero-order valence-corrected chi connectivity index (χ0v) is 15.7. The van der Waals surface area contributed by atoms with Crippen molar-refractivity contribution < 1.29 is 0 Å². The maximum atomic E-state index is 4.81. The Morgan fingerprint density at radius 2 is 1.32 bits per heavy atom. The number of unbranched alkanes of at least 4 members (excludes halogenated alkanes) is 1. The number of hydrogen-bond donors (Lipinski definition) is 2. The molecule has 0 aromatic carbocycles. The molecule has 0 radical (unpaired) electrons. The van der Waals surface area contributed by atoms with Gasteiger partial charge in [0, 0.05) is 17.1 Å². The van der Waals surface area contributed by atoms with E-state index in [0.29, 0.717) is 0 Å². The van der Waals surface area contributed by atoms with Crippen LogP contribution in [0.3, 0.4) is 0 Å². The van der Waals surface area contributed by atoms with Crippen molar-refractivity contribution in [3.8, 4) is 0 Å². The van der Waals surface area contributed by atoms with Crippen molar-refractivity contribution >= 4 is 46.5 Å². The van der Waals surface area contributed by atoms with Crippen molar-refractivity contribution in [2.24, 2.45) is 0 Å². The maximum absolute atomic E-state index is 4.81. The topological polar surface area (TPSA) is 70.2 Å². The molecule has 0 aliphatic carbocycles. The van der Waals surface area contributed by atoms with Crippen molar-refractivity contribution in [3.05, 3.63) is 64.9 Å². The number of aryl methyl sites for hydroxylation is 1. The highest BCUT2D eigenvalue weighted by atomic mass is 14.9. The summed E-state index contributed by atoms with van der Waals surface area (Å²) in [5.74, 6) is 0. The van der Waals surface area contributed by atoms with Gasteiger partial charge in [0.1, 0.15) is 5.65 Å². The van der Waals surface area contributed by atoms with Crippen LogP contribution in [0.25, 0.3) is 46.5 Å². The summed E-state index contributed by atoms with van der Waals surface area (Å²) in [5.41, 5.74) is 8.65. The minimum Gasteiger partial charge on any atom is -0.355 e. The average Bonchev–Trinajstić information content (AvgIpc) is 3.45. The molecule has 0 spiro atoms. The van der Waals surface area contributed by atoms with Gasteiger partial charge in [-0.3, -0.25) is 0 Å². The second-order valence-corrected chi connectivity index (χ2v) is 7.12. The summed E-state index contributed by atoms with van der Waals surface area (Å²) >= 11 is 0. The molecule has 138 valence electrons. The third-order valence-electron chi connectivity index (χ3n) is 4.88. The van der Waals surface area contributed by atoms with E-state index in [2.05, 4.69) is 46.1 Å². The fraction of sp³-hybridized carbons (Fsp3) is 0.174. The molecular formula is C23H21N5. The van der Waals surface area contributed by atoms with Crippen LogP contribution in [0.1, 0.15) is 48.2 Å². The molecule has 0 atom stereocenters. The number of imidazole rings is 1.